The number of aryl methyl sites for hydroxylation is 1. The predicted octanol–water partition coefficient (Wildman–Crippen LogP) is 3.02. The third-order valence-corrected chi connectivity index (χ3v) is 4.16. The van der Waals surface area contributed by atoms with Gasteiger partial charge in [-0.05, 0) is 35.9 Å². The summed E-state index contributed by atoms with van der Waals surface area (Å²) in [5, 5.41) is 0.425. The second-order valence-corrected chi connectivity index (χ2v) is 6.15. The summed E-state index contributed by atoms with van der Waals surface area (Å²) in [6.45, 7) is 1.69. The van der Waals surface area contributed by atoms with Crippen molar-refractivity contribution in [1.82, 2.24) is 9.99 Å². The number of nitrogens with two attached hydrogens (primary N) is 1. The molecule has 2 N–H and O–H groups in total. The van der Waals surface area contributed by atoms with E-state index in [-0.39, 0.29) is 17.5 Å². The normalized spacial score (nSPS) is 10.7. The van der Waals surface area contributed by atoms with E-state index in [1.165, 1.54) is 31.5 Å². The molecule has 0 saturated carbocycles. The summed E-state index contributed by atoms with van der Waals surface area (Å²) in [5.41, 5.74) is 0.857. The van der Waals surface area contributed by atoms with E-state index >= 15 is 0 Å². The minimum atomic E-state index is -1.09. The first-order chi connectivity index (χ1) is 13.8. The number of rotatable bonds is 5. The highest BCUT2D eigenvalue weighted by Crippen LogP contribution is 2.31. The lowest BCUT2D eigenvalue weighted by Gasteiger charge is -2.16. The molecule has 2 amide bonds. The Morgan fingerprint density at radius 2 is 1.93 bits per heavy atom. The summed E-state index contributed by atoms with van der Waals surface area (Å²) in [6, 6.07) is 7.48. The Hall–Kier alpha value is -3.59. The van der Waals surface area contributed by atoms with Gasteiger partial charge in [-0.3, -0.25) is 9.59 Å². The van der Waals surface area contributed by atoms with Gasteiger partial charge in [-0.15, -0.1) is 0 Å². The average molecular weight is 401 g/mol. The molecule has 1 heterocycles. The van der Waals surface area contributed by atoms with Crippen molar-refractivity contribution >= 4 is 11.8 Å². The molecule has 0 aliphatic heterocycles. The van der Waals surface area contributed by atoms with Crippen LogP contribution in [0.5, 0.6) is 5.75 Å². The predicted molar refractivity (Wildman–Crippen MR) is 98.7 cm³/mol. The first kappa shape index (κ1) is 20.2. The van der Waals surface area contributed by atoms with Gasteiger partial charge in [-0.25, -0.2) is 24.6 Å². The minimum Gasteiger partial charge on any atom is -0.496 e. The van der Waals surface area contributed by atoms with Crippen LogP contribution in [0.15, 0.2) is 47.0 Å². The fraction of sp³-hybridized carbons (Fsp3) is 0.150. The Kier molecular flexibility index (Phi) is 5.69. The molecule has 0 aliphatic rings. The number of amides is 2. The Balaban J connectivity index is 1.79. The van der Waals surface area contributed by atoms with Crippen molar-refractivity contribution < 1.29 is 27.5 Å². The van der Waals surface area contributed by atoms with Crippen LogP contribution < -0.4 is 10.6 Å². The number of hydrazine groups is 1. The van der Waals surface area contributed by atoms with Gasteiger partial charge < -0.3 is 9.15 Å². The summed E-state index contributed by atoms with van der Waals surface area (Å²) in [4.78, 5) is 28.9. The summed E-state index contributed by atoms with van der Waals surface area (Å²) in [6.07, 6.45) is 1.15. The van der Waals surface area contributed by atoms with Crippen LogP contribution in [0.3, 0.4) is 0 Å². The van der Waals surface area contributed by atoms with Gasteiger partial charge >= 0.3 is 0 Å². The van der Waals surface area contributed by atoms with Crippen LogP contribution in [0.1, 0.15) is 21.8 Å². The van der Waals surface area contributed by atoms with Gasteiger partial charge in [-0.1, -0.05) is 6.07 Å². The lowest BCUT2D eigenvalue weighted by Crippen LogP contribution is -2.43. The first-order valence-electron chi connectivity index (χ1n) is 8.47. The molecule has 0 aliphatic carbocycles. The lowest BCUT2D eigenvalue weighted by molar-refractivity contribution is -0.128. The molecule has 0 saturated heterocycles. The van der Waals surface area contributed by atoms with Crippen molar-refractivity contribution in [3.63, 3.8) is 0 Å². The number of hydrogen-bond acceptors (Lipinski definition) is 6. The highest BCUT2D eigenvalue weighted by Gasteiger charge is 2.22. The van der Waals surface area contributed by atoms with E-state index in [1.807, 2.05) is 0 Å². The molecule has 1 aromatic heterocycles. The standard InChI is InChI=1S/C20H17F2N3O4/c1-11-24-10-18(29-11)14-5-4-13(9-17(14)28-2)20(27)25(23)19(26)8-12-3-6-15(21)16(22)7-12/h3-7,9-10H,8,23H2,1-2H3. The van der Waals surface area contributed by atoms with Gasteiger partial charge in [0.15, 0.2) is 23.3 Å². The van der Waals surface area contributed by atoms with Crippen molar-refractivity contribution in [1.29, 1.82) is 0 Å². The molecule has 2 aromatic carbocycles. The topological polar surface area (TPSA) is 98.7 Å². The zero-order valence-electron chi connectivity index (χ0n) is 15.6. The molecule has 0 unspecified atom stereocenters. The molecule has 150 valence electrons. The van der Waals surface area contributed by atoms with Crippen molar-refractivity contribution in [3.05, 3.63) is 71.2 Å². The van der Waals surface area contributed by atoms with Gasteiger partial charge in [-0.2, -0.15) is 0 Å². The number of halogens is 2. The summed E-state index contributed by atoms with van der Waals surface area (Å²) in [5.74, 6) is 3.22. The van der Waals surface area contributed by atoms with Crippen LogP contribution >= 0.6 is 0 Å². The van der Waals surface area contributed by atoms with Crippen LogP contribution in [-0.4, -0.2) is 28.9 Å². The second kappa shape index (κ2) is 8.19. The van der Waals surface area contributed by atoms with E-state index in [0.29, 0.717) is 28.0 Å². The average Bonchev–Trinajstić information content (AvgIpc) is 3.15. The summed E-state index contributed by atoms with van der Waals surface area (Å²) in [7, 11) is 1.42. The number of ether oxygens (including phenoxy) is 1. The lowest BCUT2D eigenvalue weighted by atomic mass is 10.1. The first-order valence-corrected chi connectivity index (χ1v) is 8.47. The van der Waals surface area contributed by atoms with Gasteiger partial charge in [0.05, 0.1) is 25.3 Å². The number of aromatic nitrogens is 1. The molecule has 0 fully saturated rings. The maximum absolute atomic E-state index is 13.3. The van der Waals surface area contributed by atoms with Crippen LogP contribution in [0.25, 0.3) is 11.3 Å². The molecular weight excluding hydrogens is 384 g/mol. The highest BCUT2D eigenvalue weighted by molar-refractivity contribution is 6.05. The van der Waals surface area contributed by atoms with Crippen molar-refractivity contribution in [2.75, 3.05) is 7.11 Å². The fourth-order valence-electron chi connectivity index (χ4n) is 2.68. The van der Waals surface area contributed by atoms with Gasteiger partial charge in [0.2, 0.25) is 5.91 Å². The number of oxazole rings is 1. The van der Waals surface area contributed by atoms with E-state index in [0.717, 1.165) is 12.1 Å². The SMILES string of the molecule is COc1cc(C(=O)N(N)C(=O)Cc2ccc(F)c(F)c2)ccc1-c1cnc(C)o1. The van der Waals surface area contributed by atoms with E-state index in [2.05, 4.69) is 4.98 Å². The Morgan fingerprint density at radius 1 is 1.17 bits per heavy atom. The van der Waals surface area contributed by atoms with Gasteiger partial charge in [0, 0.05) is 12.5 Å². The molecule has 7 nitrogen and oxygen atoms in total. The molecule has 0 radical (unpaired) electrons. The molecule has 3 rings (SSSR count). The van der Waals surface area contributed by atoms with Gasteiger partial charge in [0.1, 0.15) is 5.75 Å². The number of carbonyl (C=O) groups is 2. The van der Waals surface area contributed by atoms with Gasteiger partial charge in [0.25, 0.3) is 5.91 Å². The number of hydrogen-bond donors (Lipinski definition) is 1. The number of imide groups is 1. The van der Waals surface area contributed by atoms with E-state index in [9.17, 15) is 18.4 Å². The maximum atomic E-state index is 13.3. The Morgan fingerprint density at radius 3 is 2.55 bits per heavy atom. The third kappa shape index (κ3) is 4.30. The van der Waals surface area contributed by atoms with E-state index in [1.54, 1.807) is 13.0 Å². The molecule has 9 heteroatoms. The molecule has 0 atom stereocenters. The van der Waals surface area contributed by atoms with E-state index < -0.39 is 23.4 Å². The van der Waals surface area contributed by atoms with Crippen LogP contribution in [0.4, 0.5) is 8.78 Å². The number of methoxy groups -OCH3 is 1. The molecule has 0 bridgehead atoms. The monoisotopic (exact) mass is 401 g/mol. The Labute approximate surface area is 164 Å². The highest BCUT2D eigenvalue weighted by atomic mass is 19.2. The van der Waals surface area contributed by atoms with Crippen LogP contribution in [0, 0.1) is 18.6 Å². The third-order valence-electron chi connectivity index (χ3n) is 4.16. The largest absolute Gasteiger partial charge is 0.496 e. The smallest absolute Gasteiger partial charge is 0.274 e. The number of nitrogens with zero attached hydrogens (tertiary/aromatic N) is 2. The van der Waals surface area contributed by atoms with Crippen molar-refractivity contribution in [2.45, 2.75) is 13.3 Å². The zero-order chi connectivity index (χ0) is 21.1. The fourth-order valence-corrected chi connectivity index (χ4v) is 2.68. The van der Waals surface area contributed by atoms with Crippen LogP contribution in [-0.2, 0) is 11.2 Å². The maximum Gasteiger partial charge on any atom is 0.274 e. The number of benzene rings is 2. The zero-order valence-corrected chi connectivity index (χ0v) is 15.6. The Bertz CT molecular complexity index is 1080. The summed E-state index contributed by atoms with van der Waals surface area (Å²) < 4.78 is 37.1. The molecule has 29 heavy (non-hydrogen) atoms. The van der Waals surface area contributed by atoms with Crippen molar-refractivity contribution in [3.8, 4) is 17.1 Å². The molecular formula is C20H17F2N3O4. The molecule has 3 aromatic rings. The quantitative estimate of drug-likeness (QED) is 0.401. The second-order valence-electron chi connectivity index (χ2n) is 6.15. The van der Waals surface area contributed by atoms with Crippen molar-refractivity contribution in [2.24, 2.45) is 5.84 Å². The van der Waals surface area contributed by atoms with E-state index in [4.69, 9.17) is 15.0 Å². The summed E-state index contributed by atoms with van der Waals surface area (Å²) >= 11 is 0. The van der Waals surface area contributed by atoms with Crippen LogP contribution in [0.2, 0.25) is 0 Å². The molecule has 0 spiro atoms. The minimum absolute atomic E-state index is 0.1000. The number of carbonyl (C=O) groups excluding carboxylic acids is 2.